The lowest BCUT2D eigenvalue weighted by atomic mass is 10.1. The Labute approximate surface area is 213 Å². The van der Waals surface area contributed by atoms with Crippen LogP contribution in [-0.4, -0.2) is 53.5 Å². The van der Waals surface area contributed by atoms with Gasteiger partial charge in [0.2, 0.25) is 0 Å². The lowest BCUT2D eigenvalue weighted by molar-refractivity contribution is 0.0949. The normalized spacial score (nSPS) is 14.3. The third-order valence-electron chi connectivity index (χ3n) is 5.99. The van der Waals surface area contributed by atoms with Gasteiger partial charge in [-0.15, -0.1) is 0 Å². The van der Waals surface area contributed by atoms with Gasteiger partial charge in [-0.05, 0) is 36.1 Å². The maximum Gasteiger partial charge on any atom is 0.251 e. The van der Waals surface area contributed by atoms with Crippen LogP contribution in [0, 0.1) is 12.8 Å². The van der Waals surface area contributed by atoms with Crippen LogP contribution in [0.5, 0.6) is 0 Å². The van der Waals surface area contributed by atoms with E-state index in [2.05, 4.69) is 76.4 Å². The smallest absolute Gasteiger partial charge is 0.251 e. The fourth-order valence-electron chi connectivity index (χ4n) is 4.08. The second kappa shape index (κ2) is 12.2. The predicted molar refractivity (Wildman–Crippen MR) is 144 cm³/mol. The summed E-state index contributed by atoms with van der Waals surface area (Å²) in [5.74, 6) is 2.13. The molecule has 2 aromatic carbocycles. The van der Waals surface area contributed by atoms with Crippen molar-refractivity contribution >= 4 is 23.5 Å². The molecule has 35 heavy (non-hydrogen) atoms. The molecule has 2 heterocycles. The SMILES string of the molecule is Cc1cc(N2CCN(Cc3ccccc3)CC2)nc(SCc2cccc(C(=O)NCC(C)C)c2)n1. The molecule has 184 valence electrons. The number of amides is 1. The molecule has 1 aromatic heterocycles. The molecule has 1 aliphatic heterocycles. The van der Waals surface area contributed by atoms with E-state index in [1.54, 1.807) is 11.8 Å². The second-order valence-corrected chi connectivity index (χ2v) is 10.4. The van der Waals surface area contributed by atoms with Gasteiger partial charge in [0.15, 0.2) is 5.16 Å². The molecule has 0 bridgehead atoms. The highest BCUT2D eigenvalue weighted by Crippen LogP contribution is 2.24. The van der Waals surface area contributed by atoms with Crippen molar-refractivity contribution in [2.45, 2.75) is 38.2 Å². The van der Waals surface area contributed by atoms with Gasteiger partial charge < -0.3 is 10.2 Å². The number of thioether (sulfide) groups is 1. The van der Waals surface area contributed by atoms with Crippen molar-refractivity contribution in [1.82, 2.24) is 20.2 Å². The molecule has 0 atom stereocenters. The van der Waals surface area contributed by atoms with E-state index in [4.69, 9.17) is 4.98 Å². The Bertz CT molecular complexity index is 1110. The van der Waals surface area contributed by atoms with Crippen LogP contribution in [0.4, 0.5) is 5.82 Å². The maximum atomic E-state index is 12.4. The zero-order valence-corrected chi connectivity index (χ0v) is 21.7. The van der Waals surface area contributed by atoms with Crippen molar-refractivity contribution in [1.29, 1.82) is 0 Å². The summed E-state index contributed by atoms with van der Waals surface area (Å²) in [6.07, 6.45) is 0. The highest BCUT2D eigenvalue weighted by molar-refractivity contribution is 7.98. The summed E-state index contributed by atoms with van der Waals surface area (Å²) in [5, 5.41) is 3.77. The van der Waals surface area contributed by atoms with E-state index in [1.165, 1.54) is 5.56 Å². The Morgan fingerprint density at radius 1 is 0.971 bits per heavy atom. The number of nitrogens with one attached hydrogen (secondary N) is 1. The molecule has 3 aromatic rings. The number of aromatic nitrogens is 2. The third-order valence-corrected chi connectivity index (χ3v) is 6.91. The average Bonchev–Trinajstić information content (AvgIpc) is 2.87. The van der Waals surface area contributed by atoms with Crippen molar-refractivity contribution in [3.8, 4) is 0 Å². The van der Waals surface area contributed by atoms with E-state index in [0.29, 0.717) is 18.0 Å². The number of benzene rings is 2. The molecule has 0 spiro atoms. The average molecular weight is 490 g/mol. The van der Waals surface area contributed by atoms with Gasteiger partial charge in [-0.25, -0.2) is 9.97 Å². The molecule has 6 nitrogen and oxygen atoms in total. The van der Waals surface area contributed by atoms with Gasteiger partial charge in [0, 0.05) is 62.3 Å². The number of carbonyl (C=O) groups is 1. The largest absolute Gasteiger partial charge is 0.354 e. The number of piperazine rings is 1. The highest BCUT2D eigenvalue weighted by atomic mass is 32.2. The van der Waals surface area contributed by atoms with Crippen LogP contribution in [0.25, 0.3) is 0 Å². The zero-order valence-electron chi connectivity index (χ0n) is 20.9. The summed E-state index contributed by atoms with van der Waals surface area (Å²) >= 11 is 1.62. The molecule has 1 aliphatic rings. The first kappa shape index (κ1) is 25.2. The van der Waals surface area contributed by atoms with Gasteiger partial charge in [-0.1, -0.05) is 68.1 Å². The second-order valence-electron chi connectivity index (χ2n) is 9.49. The summed E-state index contributed by atoms with van der Waals surface area (Å²) < 4.78 is 0. The number of hydrogen-bond donors (Lipinski definition) is 1. The summed E-state index contributed by atoms with van der Waals surface area (Å²) in [6.45, 7) is 11.8. The summed E-state index contributed by atoms with van der Waals surface area (Å²) in [5.41, 5.74) is 4.13. The first-order valence-electron chi connectivity index (χ1n) is 12.3. The monoisotopic (exact) mass is 489 g/mol. The van der Waals surface area contributed by atoms with E-state index in [0.717, 1.165) is 60.7 Å². The minimum Gasteiger partial charge on any atom is -0.354 e. The quantitative estimate of drug-likeness (QED) is 0.345. The fourth-order valence-corrected chi connectivity index (χ4v) is 4.92. The van der Waals surface area contributed by atoms with Gasteiger partial charge >= 0.3 is 0 Å². The van der Waals surface area contributed by atoms with Gasteiger partial charge in [0.1, 0.15) is 5.82 Å². The molecule has 1 amide bonds. The van der Waals surface area contributed by atoms with Crippen molar-refractivity contribution in [2.24, 2.45) is 5.92 Å². The number of aryl methyl sites for hydroxylation is 1. The number of rotatable bonds is 9. The van der Waals surface area contributed by atoms with Crippen molar-refractivity contribution in [3.63, 3.8) is 0 Å². The first-order valence-corrected chi connectivity index (χ1v) is 13.3. The van der Waals surface area contributed by atoms with Crippen LogP contribution in [0.1, 0.15) is 41.0 Å². The highest BCUT2D eigenvalue weighted by Gasteiger charge is 2.19. The van der Waals surface area contributed by atoms with Gasteiger partial charge in [-0.2, -0.15) is 0 Å². The molecule has 4 rings (SSSR count). The summed E-state index contributed by atoms with van der Waals surface area (Å²) in [4.78, 5) is 26.8. The van der Waals surface area contributed by atoms with Gasteiger partial charge in [0.25, 0.3) is 5.91 Å². The van der Waals surface area contributed by atoms with Crippen molar-refractivity contribution in [3.05, 3.63) is 83.0 Å². The number of anilines is 1. The minimum atomic E-state index is -0.0222. The number of hydrogen-bond acceptors (Lipinski definition) is 6. The summed E-state index contributed by atoms with van der Waals surface area (Å²) in [6, 6.07) is 20.6. The Balaban J connectivity index is 1.34. The van der Waals surface area contributed by atoms with Crippen LogP contribution in [0.15, 0.2) is 65.8 Å². The molecule has 0 radical (unpaired) electrons. The molecule has 1 N–H and O–H groups in total. The Hall–Kier alpha value is -2.90. The van der Waals surface area contributed by atoms with E-state index < -0.39 is 0 Å². The topological polar surface area (TPSA) is 61.4 Å². The molecule has 0 unspecified atom stereocenters. The van der Waals surface area contributed by atoms with Gasteiger partial charge in [0.05, 0.1) is 0 Å². The lowest BCUT2D eigenvalue weighted by Crippen LogP contribution is -2.46. The first-order chi connectivity index (χ1) is 17.0. The van der Waals surface area contributed by atoms with Crippen LogP contribution in [-0.2, 0) is 12.3 Å². The molecule has 7 heteroatoms. The van der Waals surface area contributed by atoms with E-state index in [9.17, 15) is 4.79 Å². The minimum absolute atomic E-state index is 0.0222. The molecular formula is C28H35N5OS. The standard InChI is InChI=1S/C28H35N5OS/c1-21(2)18-29-27(34)25-11-7-10-24(17-25)20-35-28-30-22(3)16-26(31-28)33-14-12-32(13-15-33)19-23-8-5-4-6-9-23/h4-11,16-17,21H,12-15,18-20H2,1-3H3,(H,29,34). The van der Waals surface area contributed by atoms with Crippen molar-refractivity contribution < 1.29 is 4.79 Å². The predicted octanol–water partition coefficient (Wildman–Crippen LogP) is 4.79. The Morgan fingerprint density at radius 2 is 1.71 bits per heavy atom. The third kappa shape index (κ3) is 7.54. The van der Waals surface area contributed by atoms with Crippen LogP contribution >= 0.6 is 11.8 Å². The molecule has 1 fully saturated rings. The lowest BCUT2D eigenvalue weighted by Gasteiger charge is -2.35. The molecule has 1 saturated heterocycles. The van der Waals surface area contributed by atoms with E-state index in [-0.39, 0.29) is 5.91 Å². The summed E-state index contributed by atoms with van der Waals surface area (Å²) in [7, 11) is 0. The van der Waals surface area contributed by atoms with Gasteiger partial charge in [-0.3, -0.25) is 9.69 Å². The fraction of sp³-hybridized carbons (Fsp3) is 0.393. The number of carbonyl (C=O) groups excluding carboxylic acids is 1. The maximum absolute atomic E-state index is 12.4. The zero-order chi connectivity index (χ0) is 24.6. The van der Waals surface area contributed by atoms with Crippen LogP contribution in [0.3, 0.4) is 0 Å². The molecule has 0 saturated carbocycles. The van der Waals surface area contributed by atoms with E-state index in [1.807, 2.05) is 25.1 Å². The van der Waals surface area contributed by atoms with E-state index >= 15 is 0 Å². The Morgan fingerprint density at radius 3 is 2.46 bits per heavy atom. The van der Waals surface area contributed by atoms with Crippen molar-refractivity contribution in [2.75, 3.05) is 37.6 Å². The molecular weight excluding hydrogens is 454 g/mol. The molecule has 0 aliphatic carbocycles. The van der Waals surface area contributed by atoms with Crippen LogP contribution < -0.4 is 10.2 Å². The van der Waals surface area contributed by atoms with Crippen LogP contribution in [0.2, 0.25) is 0 Å². The number of nitrogens with zero attached hydrogens (tertiary/aromatic N) is 4. The Kier molecular flexibility index (Phi) is 8.77.